The van der Waals surface area contributed by atoms with Gasteiger partial charge in [0.2, 0.25) is 0 Å². The lowest BCUT2D eigenvalue weighted by atomic mass is 9.82. The molecule has 0 aliphatic heterocycles. The molecule has 0 aromatic carbocycles. The third-order valence-electron chi connectivity index (χ3n) is 2.77. The number of hydrogen-bond donors (Lipinski definition) is 3. The van der Waals surface area contributed by atoms with E-state index in [1.807, 2.05) is 6.92 Å². The zero-order chi connectivity index (χ0) is 11.4. The number of nitrogens with one attached hydrogen (secondary N) is 1. The van der Waals surface area contributed by atoms with Crippen molar-refractivity contribution in [3.63, 3.8) is 0 Å². The van der Waals surface area contributed by atoms with Gasteiger partial charge in [0.05, 0.1) is 6.04 Å². The monoisotopic (exact) mass is 201 g/mol. The molecule has 0 rings (SSSR count). The lowest BCUT2D eigenvalue weighted by Gasteiger charge is -2.28. The van der Waals surface area contributed by atoms with Crippen molar-refractivity contribution in [3.05, 3.63) is 0 Å². The summed E-state index contributed by atoms with van der Waals surface area (Å²) in [5, 5.41) is 14.6. The smallest absolute Gasteiger partial charge is 0.156 e. The SMILES string of the molecule is CC(NCC(C)C(C)(C)C)C(N)=NO. The van der Waals surface area contributed by atoms with Crippen LogP contribution in [0.2, 0.25) is 0 Å². The van der Waals surface area contributed by atoms with Gasteiger partial charge in [-0.1, -0.05) is 32.9 Å². The third kappa shape index (κ3) is 4.46. The highest BCUT2D eigenvalue weighted by Crippen LogP contribution is 2.24. The van der Waals surface area contributed by atoms with Crippen LogP contribution in [-0.4, -0.2) is 23.6 Å². The second kappa shape index (κ2) is 5.20. The lowest BCUT2D eigenvalue weighted by molar-refractivity contribution is 0.250. The fourth-order valence-corrected chi connectivity index (χ4v) is 0.851. The molecule has 4 N–H and O–H groups in total. The Bertz CT molecular complexity index is 196. The summed E-state index contributed by atoms with van der Waals surface area (Å²) in [6.07, 6.45) is 0. The molecule has 2 atom stereocenters. The lowest BCUT2D eigenvalue weighted by Crippen LogP contribution is -2.42. The highest BCUT2D eigenvalue weighted by Gasteiger charge is 2.20. The molecule has 14 heavy (non-hydrogen) atoms. The average molecular weight is 201 g/mol. The molecule has 0 aromatic heterocycles. The van der Waals surface area contributed by atoms with Gasteiger partial charge >= 0.3 is 0 Å². The highest BCUT2D eigenvalue weighted by atomic mass is 16.4. The van der Waals surface area contributed by atoms with Crippen molar-refractivity contribution in [3.8, 4) is 0 Å². The third-order valence-corrected chi connectivity index (χ3v) is 2.77. The van der Waals surface area contributed by atoms with E-state index in [1.165, 1.54) is 0 Å². The van der Waals surface area contributed by atoms with Gasteiger partial charge < -0.3 is 16.3 Å². The van der Waals surface area contributed by atoms with Gasteiger partial charge in [0, 0.05) is 0 Å². The number of rotatable bonds is 4. The van der Waals surface area contributed by atoms with Gasteiger partial charge in [0.15, 0.2) is 5.84 Å². The molecule has 0 fully saturated rings. The molecule has 0 saturated carbocycles. The largest absolute Gasteiger partial charge is 0.409 e. The van der Waals surface area contributed by atoms with Crippen LogP contribution in [0.15, 0.2) is 5.16 Å². The predicted octanol–water partition coefficient (Wildman–Crippen LogP) is 1.39. The van der Waals surface area contributed by atoms with Gasteiger partial charge in [-0.15, -0.1) is 0 Å². The van der Waals surface area contributed by atoms with Crippen LogP contribution >= 0.6 is 0 Å². The van der Waals surface area contributed by atoms with Crippen LogP contribution in [0.1, 0.15) is 34.6 Å². The van der Waals surface area contributed by atoms with Crippen LogP contribution in [0.25, 0.3) is 0 Å². The van der Waals surface area contributed by atoms with E-state index in [9.17, 15) is 0 Å². The minimum atomic E-state index is -0.0789. The summed E-state index contributed by atoms with van der Waals surface area (Å²) >= 11 is 0. The maximum absolute atomic E-state index is 8.45. The van der Waals surface area contributed by atoms with Gasteiger partial charge in [-0.25, -0.2) is 0 Å². The Kier molecular flexibility index (Phi) is 4.91. The van der Waals surface area contributed by atoms with E-state index in [1.54, 1.807) is 0 Å². The van der Waals surface area contributed by atoms with Crippen molar-refractivity contribution in [2.24, 2.45) is 22.2 Å². The summed E-state index contributed by atoms with van der Waals surface area (Å²) in [5.74, 6) is 0.766. The molecule has 0 aliphatic carbocycles. The first kappa shape index (κ1) is 13.2. The Balaban J connectivity index is 3.95. The highest BCUT2D eigenvalue weighted by molar-refractivity contribution is 5.84. The fraction of sp³-hybridized carbons (Fsp3) is 0.900. The van der Waals surface area contributed by atoms with Crippen molar-refractivity contribution in [2.75, 3.05) is 6.54 Å². The number of nitrogens with zero attached hydrogens (tertiary/aromatic N) is 1. The van der Waals surface area contributed by atoms with Gasteiger partial charge in [0.25, 0.3) is 0 Å². The maximum atomic E-state index is 8.45. The fourth-order valence-electron chi connectivity index (χ4n) is 0.851. The van der Waals surface area contributed by atoms with Crippen LogP contribution in [0.5, 0.6) is 0 Å². The van der Waals surface area contributed by atoms with Gasteiger partial charge in [-0.2, -0.15) is 0 Å². The Morgan fingerprint density at radius 1 is 1.43 bits per heavy atom. The number of oxime groups is 1. The van der Waals surface area contributed by atoms with E-state index in [-0.39, 0.29) is 17.3 Å². The van der Waals surface area contributed by atoms with Crippen molar-refractivity contribution >= 4 is 5.84 Å². The standard InChI is InChI=1S/C10H23N3O/c1-7(10(3,4)5)6-12-8(2)9(11)13-14/h7-8,12,14H,6H2,1-5H3,(H2,11,13). The zero-order valence-corrected chi connectivity index (χ0v) is 9.83. The zero-order valence-electron chi connectivity index (χ0n) is 9.83. The van der Waals surface area contributed by atoms with E-state index in [0.29, 0.717) is 5.92 Å². The summed E-state index contributed by atoms with van der Waals surface area (Å²) in [6, 6.07) is -0.0789. The first-order valence-corrected chi connectivity index (χ1v) is 4.99. The molecule has 2 unspecified atom stereocenters. The second-order valence-corrected chi connectivity index (χ2v) is 4.92. The summed E-state index contributed by atoms with van der Waals surface area (Å²) in [5.41, 5.74) is 5.72. The summed E-state index contributed by atoms with van der Waals surface area (Å²) in [4.78, 5) is 0. The topological polar surface area (TPSA) is 70.6 Å². The molecule has 84 valence electrons. The van der Waals surface area contributed by atoms with Crippen molar-refractivity contribution in [1.82, 2.24) is 5.32 Å². The van der Waals surface area contributed by atoms with Crippen LogP contribution in [0.4, 0.5) is 0 Å². The van der Waals surface area contributed by atoms with Crippen molar-refractivity contribution in [1.29, 1.82) is 0 Å². The molecule has 0 heterocycles. The molecular weight excluding hydrogens is 178 g/mol. The molecule has 0 saturated heterocycles. The second-order valence-electron chi connectivity index (χ2n) is 4.92. The number of amidine groups is 1. The minimum Gasteiger partial charge on any atom is -0.409 e. The summed E-state index contributed by atoms with van der Waals surface area (Å²) in [6.45, 7) is 11.5. The van der Waals surface area contributed by atoms with Gasteiger partial charge in [0.1, 0.15) is 0 Å². The van der Waals surface area contributed by atoms with Crippen LogP contribution < -0.4 is 11.1 Å². The van der Waals surface area contributed by atoms with Crippen LogP contribution in [0, 0.1) is 11.3 Å². The van der Waals surface area contributed by atoms with Gasteiger partial charge in [-0.3, -0.25) is 0 Å². The summed E-state index contributed by atoms with van der Waals surface area (Å²) in [7, 11) is 0. The van der Waals surface area contributed by atoms with Crippen molar-refractivity contribution < 1.29 is 5.21 Å². The maximum Gasteiger partial charge on any atom is 0.156 e. The average Bonchev–Trinajstić information content (AvgIpc) is 2.10. The number of hydrogen-bond acceptors (Lipinski definition) is 3. The first-order chi connectivity index (χ1) is 6.29. The summed E-state index contributed by atoms with van der Waals surface area (Å²) < 4.78 is 0. The van der Waals surface area contributed by atoms with Gasteiger partial charge in [-0.05, 0) is 24.8 Å². The Labute approximate surface area is 86.6 Å². The Hall–Kier alpha value is -0.770. The van der Waals surface area contributed by atoms with E-state index >= 15 is 0 Å². The van der Waals surface area contributed by atoms with E-state index in [0.717, 1.165) is 6.54 Å². The van der Waals surface area contributed by atoms with E-state index < -0.39 is 0 Å². The minimum absolute atomic E-state index is 0.0789. The number of nitrogens with two attached hydrogens (primary N) is 1. The quantitative estimate of drug-likeness (QED) is 0.278. The molecule has 0 spiro atoms. The molecule has 0 amide bonds. The normalized spacial score (nSPS) is 17.9. The van der Waals surface area contributed by atoms with Crippen LogP contribution in [-0.2, 0) is 0 Å². The molecule has 4 heteroatoms. The Morgan fingerprint density at radius 2 is 1.93 bits per heavy atom. The van der Waals surface area contributed by atoms with E-state index in [2.05, 4.69) is 38.2 Å². The van der Waals surface area contributed by atoms with Crippen molar-refractivity contribution in [2.45, 2.75) is 40.7 Å². The predicted molar refractivity (Wildman–Crippen MR) is 59.5 cm³/mol. The molecule has 0 aliphatic rings. The van der Waals surface area contributed by atoms with E-state index in [4.69, 9.17) is 10.9 Å². The molecule has 4 nitrogen and oxygen atoms in total. The molecule has 0 bridgehead atoms. The molecular formula is C10H23N3O. The molecule has 0 aromatic rings. The Morgan fingerprint density at radius 3 is 2.29 bits per heavy atom. The first-order valence-electron chi connectivity index (χ1n) is 4.99. The molecule has 0 radical (unpaired) electrons. The van der Waals surface area contributed by atoms with Crippen LogP contribution in [0.3, 0.4) is 0 Å².